The summed E-state index contributed by atoms with van der Waals surface area (Å²) < 4.78 is 0. The molecule has 2 heterocycles. The highest BCUT2D eigenvalue weighted by molar-refractivity contribution is 5.75. The Bertz CT molecular complexity index is 487. The zero-order valence-corrected chi connectivity index (χ0v) is 13.2. The van der Waals surface area contributed by atoms with E-state index in [9.17, 15) is 4.79 Å². The molecule has 1 aliphatic carbocycles. The van der Waals surface area contributed by atoms with Gasteiger partial charge < -0.3 is 15.1 Å². The van der Waals surface area contributed by atoms with Crippen LogP contribution in [-0.2, 0) is 0 Å². The summed E-state index contributed by atoms with van der Waals surface area (Å²) in [5.74, 6) is 1.49. The molecule has 6 nitrogen and oxygen atoms in total. The molecule has 2 aliphatic rings. The third-order valence-corrected chi connectivity index (χ3v) is 4.86. The van der Waals surface area contributed by atoms with Crippen molar-refractivity contribution in [3.63, 3.8) is 0 Å². The van der Waals surface area contributed by atoms with Gasteiger partial charge in [-0.15, -0.1) is 0 Å². The van der Waals surface area contributed by atoms with E-state index in [1.54, 1.807) is 18.6 Å². The van der Waals surface area contributed by atoms with Crippen LogP contribution in [0.15, 0.2) is 18.6 Å². The maximum absolute atomic E-state index is 12.4. The third-order valence-electron chi connectivity index (χ3n) is 4.86. The van der Waals surface area contributed by atoms with Crippen LogP contribution in [0.4, 0.5) is 10.6 Å². The first kappa shape index (κ1) is 15.1. The minimum absolute atomic E-state index is 0.0949. The lowest BCUT2D eigenvalue weighted by molar-refractivity contribution is 0.179. The number of anilines is 1. The van der Waals surface area contributed by atoms with Crippen LogP contribution in [0.3, 0.4) is 0 Å². The summed E-state index contributed by atoms with van der Waals surface area (Å²) in [6.45, 7) is 5.35. The Kier molecular flexibility index (Phi) is 4.75. The van der Waals surface area contributed by atoms with Gasteiger partial charge in [-0.25, -0.2) is 9.78 Å². The summed E-state index contributed by atoms with van der Waals surface area (Å²) in [4.78, 5) is 25.0. The molecule has 2 amide bonds. The number of amides is 2. The first-order valence-electron chi connectivity index (χ1n) is 8.30. The zero-order valence-electron chi connectivity index (χ0n) is 13.2. The normalized spacial score (nSPS) is 25.9. The van der Waals surface area contributed by atoms with Crippen molar-refractivity contribution in [2.75, 3.05) is 31.1 Å². The molecule has 2 atom stereocenters. The van der Waals surface area contributed by atoms with Gasteiger partial charge in [0.15, 0.2) is 0 Å². The Balaban J connectivity index is 1.49. The van der Waals surface area contributed by atoms with Crippen molar-refractivity contribution in [1.29, 1.82) is 0 Å². The van der Waals surface area contributed by atoms with Gasteiger partial charge in [0.05, 0.1) is 6.20 Å². The Morgan fingerprint density at radius 3 is 2.64 bits per heavy atom. The van der Waals surface area contributed by atoms with Crippen LogP contribution >= 0.6 is 0 Å². The van der Waals surface area contributed by atoms with Crippen molar-refractivity contribution < 1.29 is 4.79 Å². The van der Waals surface area contributed by atoms with Gasteiger partial charge in [-0.1, -0.05) is 19.8 Å². The lowest BCUT2D eigenvalue weighted by Crippen LogP contribution is -2.54. The summed E-state index contributed by atoms with van der Waals surface area (Å²) >= 11 is 0. The number of nitrogens with one attached hydrogen (secondary N) is 1. The summed E-state index contributed by atoms with van der Waals surface area (Å²) in [6, 6.07) is 0.441. The number of rotatable bonds is 2. The molecule has 0 aromatic carbocycles. The molecule has 2 fully saturated rings. The number of carbonyl (C=O) groups excluding carboxylic acids is 1. The molecule has 1 saturated heterocycles. The number of hydrogen-bond acceptors (Lipinski definition) is 4. The number of urea groups is 1. The fraction of sp³-hybridized carbons (Fsp3) is 0.688. The highest BCUT2D eigenvalue weighted by atomic mass is 16.2. The quantitative estimate of drug-likeness (QED) is 0.906. The first-order chi connectivity index (χ1) is 10.7. The van der Waals surface area contributed by atoms with E-state index in [1.165, 1.54) is 19.3 Å². The molecule has 1 aromatic rings. The standard InChI is InChI=1S/C16H25N5O/c1-13-4-2-3-5-14(13)19-16(22)21-10-8-20(9-11-21)15-12-17-6-7-18-15/h6-7,12-14H,2-5,8-11H2,1H3,(H,19,22). The maximum Gasteiger partial charge on any atom is 0.317 e. The van der Waals surface area contributed by atoms with Gasteiger partial charge in [-0.3, -0.25) is 4.98 Å². The van der Waals surface area contributed by atoms with Crippen LogP contribution < -0.4 is 10.2 Å². The predicted molar refractivity (Wildman–Crippen MR) is 85.8 cm³/mol. The van der Waals surface area contributed by atoms with E-state index in [4.69, 9.17) is 0 Å². The molecule has 0 radical (unpaired) electrons. The number of hydrogen-bond donors (Lipinski definition) is 1. The summed E-state index contributed by atoms with van der Waals surface area (Å²) in [5, 5.41) is 3.23. The van der Waals surface area contributed by atoms with Crippen LogP contribution in [-0.4, -0.2) is 53.1 Å². The van der Waals surface area contributed by atoms with Crippen LogP contribution in [0.5, 0.6) is 0 Å². The van der Waals surface area contributed by atoms with Crippen LogP contribution in [0.1, 0.15) is 32.6 Å². The summed E-state index contributed by atoms with van der Waals surface area (Å²) in [5.41, 5.74) is 0. The van der Waals surface area contributed by atoms with E-state index in [-0.39, 0.29) is 6.03 Å². The van der Waals surface area contributed by atoms with Gasteiger partial charge in [0.25, 0.3) is 0 Å². The van der Waals surface area contributed by atoms with Crippen LogP contribution in [0.2, 0.25) is 0 Å². The number of aromatic nitrogens is 2. The van der Waals surface area contributed by atoms with E-state index in [0.717, 1.165) is 38.4 Å². The zero-order chi connectivity index (χ0) is 15.4. The van der Waals surface area contributed by atoms with Crippen molar-refractivity contribution in [1.82, 2.24) is 20.2 Å². The molecule has 1 N–H and O–H groups in total. The van der Waals surface area contributed by atoms with Crippen molar-refractivity contribution in [3.8, 4) is 0 Å². The Morgan fingerprint density at radius 2 is 1.95 bits per heavy atom. The van der Waals surface area contributed by atoms with E-state index in [2.05, 4.69) is 27.1 Å². The average Bonchev–Trinajstić information content (AvgIpc) is 2.58. The third kappa shape index (κ3) is 3.48. The second kappa shape index (κ2) is 6.94. The average molecular weight is 303 g/mol. The van der Waals surface area contributed by atoms with E-state index in [0.29, 0.717) is 12.0 Å². The molecule has 1 saturated carbocycles. The Labute approximate surface area is 131 Å². The fourth-order valence-corrected chi connectivity index (χ4v) is 3.37. The number of piperazine rings is 1. The van der Waals surface area contributed by atoms with Crippen molar-refractivity contribution >= 4 is 11.8 Å². The minimum Gasteiger partial charge on any atom is -0.352 e. The SMILES string of the molecule is CC1CCCCC1NC(=O)N1CCN(c2cnccn2)CC1. The van der Waals surface area contributed by atoms with Crippen molar-refractivity contribution in [2.45, 2.75) is 38.6 Å². The van der Waals surface area contributed by atoms with Crippen LogP contribution in [0, 0.1) is 5.92 Å². The topological polar surface area (TPSA) is 61.4 Å². The summed E-state index contributed by atoms with van der Waals surface area (Å²) in [7, 11) is 0. The molecule has 1 aliphatic heterocycles. The lowest BCUT2D eigenvalue weighted by atomic mass is 9.86. The predicted octanol–water partition coefficient (Wildman–Crippen LogP) is 1.89. The molecule has 0 bridgehead atoms. The first-order valence-corrected chi connectivity index (χ1v) is 8.30. The minimum atomic E-state index is 0.0949. The highest BCUT2D eigenvalue weighted by Gasteiger charge is 2.27. The van der Waals surface area contributed by atoms with E-state index >= 15 is 0 Å². The van der Waals surface area contributed by atoms with Crippen molar-refractivity contribution in [2.24, 2.45) is 5.92 Å². The molecule has 1 aromatic heterocycles. The summed E-state index contributed by atoms with van der Waals surface area (Å²) in [6.07, 6.45) is 10.0. The van der Waals surface area contributed by atoms with Gasteiger partial charge in [-0.2, -0.15) is 0 Å². The van der Waals surface area contributed by atoms with Crippen LogP contribution in [0.25, 0.3) is 0 Å². The lowest BCUT2D eigenvalue weighted by Gasteiger charge is -2.37. The molecule has 0 spiro atoms. The van der Waals surface area contributed by atoms with E-state index in [1.807, 2.05) is 4.90 Å². The molecule has 3 rings (SSSR count). The van der Waals surface area contributed by atoms with E-state index < -0.39 is 0 Å². The molecular weight excluding hydrogens is 278 g/mol. The molecular formula is C16H25N5O. The molecule has 120 valence electrons. The smallest absolute Gasteiger partial charge is 0.317 e. The Hall–Kier alpha value is -1.85. The molecule has 22 heavy (non-hydrogen) atoms. The second-order valence-electron chi connectivity index (χ2n) is 6.36. The largest absolute Gasteiger partial charge is 0.352 e. The molecule has 6 heteroatoms. The Morgan fingerprint density at radius 1 is 1.18 bits per heavy atom. The monoisotopic (exact) mass is 303 g/mol. The second-order valence-corrected chi connectivity index (χ2v) is 6.36. The van der Waals surface area contributed by atoms with Gasteiger partial charge in [0, 0.05) is 44.6 Å². The van der Waals surface area contributed by atoms with Crippen molar-refractivity contribution in [3.05, 3.63) is 18.6 Å². The number of carbonyl (C=O) groups is 1. The van der Waals surface area contributed by atoms with Gasteiger partial charge in [0.2, 0.25) is 0 Å². The van der Waals surface area contributed by atoms with Gasteiger partial charge in [0.1, 0.15) is 5.82 Å². The maximum atomic E-state index is 12.4. The van der Waals surface area contributed by atoms with Gasteiger partial charge in [-0.05, 0) is 18.8 Å². The molecule has 2 unspecified atom stereocenters. The fourth-order valence-electron chi connectivity index (χ4n) is 3.37. The van der Waals surface area contributed by atoms with Gasteiger partial charge >= 0.3 is 6.03 Å². The highest BCUT2D eigenvalue weighted by Crippen LogP contribution is 2.24. The number of nitrogens with zero attached hydrogens (tertiary/aromatic N) is 4.